The van der Waals surface area contributed by atoms with Crippen LogP contribution in [0.1, 0.15) is 37.2 Å². The third-order valence-corrected chi connectivity index (χ3v) is 2.71. The maximum absolute atomic E-state index is 11.7. The summed E-state index contributed by atoms with van der Waals surface area (Å²) in [7, 11) is 0. The Bertz CT molecular complexity index is 348. The molecule has 0 aromatic carbocycles. The number of amides is 1. The molecular formula is C12H19N3O. The number of nitrogens with two attached hydrogens (primary N) is 1. The van der Waals surface area contributed by atoms with Crippen LogP contribution in [0.15, 0.2) is 18.2 Å². The summed E-state index contributed by atoms with van der Waals surface area (Å²) in [5.74, 6) is 0.749. The van der Waals surface area contributed by atoms with Gasteiger partial charge in [-0.25, -0.2) is 4.98 Å². The second-order valence-electron chi connectivity index (χ2n) is 3.84. The number of anilines is 1. The minimum atomic E-state index is -0.154. The standard InChI is InChI=1S/C12H19N3O/c1-3-9(4-2)8-14-12(16)10-6-5-7-11(13)15-10/h5-7,9H,3-4,8H2,1-2H3,(H2,13,15)(H,14,16). The Morgan fingerprint density at radius 3 is 2.69 bits per heavy atom. The zero-order chi connectivity index (χ0) is 12.0. The molecule has 16 heavy (non-hydrogen) atoms. The minimum Gasteiger partial charge on any atom is -0.384 e. The normalized spacial score (nSPS) is 10.4. The highest BCUT2D eigenvalue weighted by molar-refractivity contribution is 5.92. The van der Waals surface area contributed by atoms with E-state index in [-0.39, 0.29) is 5.91 Å². The van der Waals surface area contributed by atoms with Crippen LogP contribution in [-0.2, 0) is 0 Å². The number of carbonyl (C=O) groups is 1. The van der Waals surface area contributed by atoms with Gasteiger partial charge in [0.1, 0.15) is 11.5 Å². The number of nitrogen functional groups attached to an aromatic ring is 1. The lowest BCUT2D eigenvalue weighted by Crippen LogP contribution is -2.29. The molecule has 1 heterocycles. The molecule has 4 nitrogen and oxygen atoms in total. The lowest BCUT2D eigenvalue weighted by atomic mass is 10.0. The van der Waals surface area contributed by atoms with Crippen molar-refractivity contribution >= 4 is 11.7 Å². The lowest BCUT2D eigenvalue weighted by Gasteiger charge is -2.12. The number of carbonyl (C=O) groups excluding carboxylic acids is 1. The van der Waals surface area contributed by atoms with Crippen LogP contribution in [0.25, 0.3) is 0 Å². The number of hydrogen-bond acceptors (Lipinski definition) is 3. The fourth-order valence-corrected chi connectivity index (χ4v) is 1.48. The highest BCUT2D eigenvalue weighted by atomic mass is 16.1. The third-order valence-electron chi connectivity index (χ3n) is 2.71. The quantitative estimate of drug-likeness (QED) is 0.797. The Labute approximate surface area is 96.3 Å². The van der Waals surface area contributed by atoms with Crippen molar-refractivity contribution < 1.29 is 4.79 Å². The minimum absolute atomic E-state index is 0.154. The first-order chi connectivity index (χ1) is 7.67. The molecule has 0 aliphatic heterocycles. The summed E-state index contributed by atoms with van der Waals surface area (Å²) in [6.07, 6.45) is 2.14. The van der Waals surface area contributed by atoms with Crippen molar-refractivity contribution in [2.45, 2.75) is 26.7 Å². The van der Waals surface area contributed by atoms with Crippen molar-refractivity contribution in [1.82, 2.24) is 10.3 Å². The summed E-state index contributed by atoms with van der Waals surface area (Å²) < 4.78 is 0. The van der Waals surface area contributed by atoms with Crippen molar-refractivity contribution in [2.75, 3.05) is 12.3 Å². The van der Waals surface area contributed by atoms with Gasteiger partial charge < -0.3 is 11.1 Å². The molecular weight excluding hydrogens is 202 g/mol. The molecule has 1 rings (SSSR count). The van der Waals surface area contributed by atoms with Crippen LogP contribution in [0.2, 0.25) is 0 Å². The van der Waals surface area contributed by atoms with Gasteiger partial charge in [0, 0.05) is 6.54 Å². The monoisotopic (exact) mass is 221 g/mol. The summed E-state index contributed by atoms with van der Waals surface area (Å²) in [5.41, 5.74) is 5.89. The van der Waals surface area contributed by atoms with Gasteiger partial charge in [0.25, 0.3) is 5.91 Å². The predicted molar refractivity (Wildman–Crippen MR) is 65.1 cm³/mol. The maximum atomic E-state index is 11.7. The van der Waals surface area contributed by atoms with Gasteiger partial charge in [-0.05, 0) is 18.1 Å². The summed E-state index contributed by atoms with van der Waals surface area (Å²) in [5, 5.41) is 2.87. The highest BCUT2D eigenvalue weighted by Gasteiger charge is 2.09. The topological polar surface area (TPSA) is 68.0 Å². The van der Waals surface area contributed by atoms with Gasteiger partial charge in [0.05, 0.1) is 0 Å². The molecule has 1 aromatic heterocycles. The molecule has 4 heteroatoms. The fourth-order valence-electron chi connectivity index (χ4n) is 1.48. The first-order valence-corrected chi connectivity index (χ1v) is 5.68. The number of nitrogens with one attached hydrogen (secondary N) is 1. The Morgan fingerprint density at radius 2 is 2.12 bits per heavy atom. The fraction of sp³-hybridized carbons (Fsp3) is 0.500. The maximum Gasteiger partial charge on any atom is 0.269 e. The van der Waals surface area contributed by atoms with E-state index in [2.05, 4.69) is 24.1 Å². The van der Waals surface area contributed by atoms with Crippen LogP contribution < -0.4 is 11.1 Å². The summed E-state index contributed by atoms with van der Waals surface area (Å²) in [6, 6.07) is 5.06. The summed E-state index contributed by atoms with van der Waals surface area (Å²) in [4.78, 5) is 15.7. The molecule has 0 spiro atoms. The SMILES string of the molecule is CCC(CC)CNC(=O)c1cccc(N)n1. The van der Waals surface area contributed by atoms with Crippen LogP contribution in [0, 0.1) is 5.92 Å². The molecule has 0 bridgehead atoms. The number of aromatic nitrogens is 1. The second kappa shape index (κ2) is 6.10. The number of rotatable bonds is 5. The van der Waals surface area contributed by atoms with Gasteiger partial charge in [-0.1, -0.05) is 32.8 Å². The van der Waals surface area contributed by atoms with Crippen LogP contribution in [0.5, 0.6) is 0 Å². The van der Waals surface area contributed by atoms with E-state index in [1.54, 1.807) is 18.2 Å². The van der Waals surface area contributed by atoms with E-state index in [1.807, 2.05) is 0 Å². The molecule has 0 aliphatic carbocycles. The Balaban J connectivity index is 2.52. The average Bonchev–Trinajstić information content (AvgIpc) is 2.30. The Kier molecular flexibility index (Phi) is 4.76. The molecule has 0 fully saturated rings. The van der Waals surface area contributed by atoms with Gasteiger partial charge >= 0.3 is 0 Å². The molecule has 88 valence electrons. The van der Waals surface area contributed by atoms with Gasteiger partial charge in [0.2, 0.25) is 0 Å². The van der Waals surface area contributed by atoms with E-state index < -0.39 is 0 Å². The van der Waals surface area contributed by atoms with E-state index >= 15 is 0 Å². The molecule has 0 radical (unpaired) electrons. The average molecular weight is 221 g/mol. The van der Waals surface area contributed by atoms with Crippen LogP contribution >= 0.6 is 0 Å². The third kappa shape index (κ3) is 3.53. The molecule has 1 aromatic rings. The van der Waals surface area contributed by atoms with E-state index in [1.165, 1.54) is 0 Å². The van der Waals surface area contributed by atoms with E-state index in [0.29, 0.717) is 24.0 Å². The van der Waals surface area contributed by atoms with E-state index in [0.717, 1.165) is 12.8 Å². The summed E-state index contributed by atoms with van der Waals surface area (Å²) >= 11 is 0. The Hall–Kier alpha value is -1.58. The Morgan fingerprint density at radius 1 is 1.44 bits per heavy atom. The van der Waals surface area contributed by atoms with E-state index in [9.17, 15) is 4.79 Å². The molecule has 3 N–H and O–H groups in total. The molecule has 0 aliphatic rings. The molecule has 1 amide bonds. The van der Waals surface area contributed by atoms with Gasteiger partial charge in [-0.2, -0.15) is 0 Å². The van der Waals surface area contributed by atoms with Crippen molar-refractivity contribution in [3.05, 3.63) is 23.9 Å². The van der Waals surface area contributed by atoms with Crippen LogP contribution in [-0.4, -0.2) is 17.4 Å². The lowest BCUT2D eigenvalue weighted by molar-refractivity contribution is 0.0941. The molecule has 0 atom stereocenters. The molecule has 0 unspecified atom stereocenters. The number of nitrogens with zero attached hydrogens (tertiary/aromatic N) is 1. The number of hydrogen-bond donors (Lipinski definition) is 2. The molecule has 0 saturated heterocycles. The first kappa shape index (κ1) is 12.5. The highest BCUT2D eigenvalue weighted by Crippen LogP contribution is 2.06. The van der Waals surface area contributed by atoms with E-state index in [4.69, 9.17) is 5.73 Å². The smallest absolute Gasteiger partial charge is 0.269 e. The summed E-state index contributed by atoms with van der Waals surface area (Å²) in [6.45, 7) is 4.94. The number of pyridine rings is 1. The van der Waals surface area contributed by atoms with Crippen molar-refractivity contribution in [3.8, 4) is 0 Å². The first-order valence-electron chi connectivity index (χ1n) is 5.68. The van der Waals surface area contributed by atoms with Gasteiger partial charge in [0.15, 0.2) is 0 Å². The zero-order valence-corrected chi connectivity index (χ0v) is 9.86. The van der Waals surface area contributed by atoms with Crippen molar-refractivity contribution in [3.63, 3.8) is 0 Å². The van der Waals surface area contributed by atoms with Crippen molar-refractivity contribution in [1.29, 1.82) is 0 Å². The van der Waals surface area contributed by atoms with Crippen LogP contribution in [0.4, 0.5) is 5.82 Å². The largest absolute Gasteiger partial charge is 0.384 e. The van der Waals surface area contributed by atoms with Crippen LogP contribution in [0.3, 0.4) is 0 Å². The predicted octanol–water partition coefficient (Wildman–Crippen LogP) is 1.83. The van der Waals surface area contributed by atoms with Gasteiger partial charge in [-0.15, -0.1) is 0 Å². The van der Waals surface area contributed by atoms with Crippen molar-refractivity contribution in [2.24, 2.45) is 5.92 Å². The molecule has 0 saturated carbocycles. The van der Waals surface area contributed by atoms with Gasteiger partial charge in [-0.3, -0.25) is 4.79 Å². The zero-order valence-electron chi connectivity index (χ0n) is 9.86. The second-order valence-corrected chi connectivity index (χ2v) is 3.84.